The third-order valence-electron chi connectivity index (χ3n) is 8.93. The van der Waals surface area contributed by atoms with Gasteiger partial charge in [-0.15, -0.1) is 0 Å². The third-order valence-corrected chi connectivity index (χ3v) is 13.4. The molecule has 1 aliphatic carbocycles. The molecular weight excluding hydrogens is 586 g/mol. The number of benzene rings is 1. The summed E-state index contributed by atoms with van der Waals surface area (Å²) in [6.45, 7) is 16.6. The molecule has 0 bridgehead atoms. The number of rotatable bonds is 8. The first-order valence-electron chi connectivity index (χ1n) is 15.3. The fourth-order valence-electron chi connectivity index (χ4n) is 5.16. The highest BCUT2D eigenvalue weighted by atomic mass is 28.4. The summed E-state index contributed by atoms with van der Waals surface area (Å²) in [6, 6.07) is 5.04. The number of nitriles is 1. The zero-order chi connectivity index (χ0) is 32.5. The van der Waals surface area contributed by atoms with Crippen LogP contribution in [0.5, 0.6) is 0 Å². The number of aryl methyl sites for hydroxylation is 1. The van der Waals surface area contributed by atoms with E-state index in [2.05, 4.69) is 60.5 Å². The Bertz CT molecular complexity index is 1370. The molecule has 1 aromatic heterocycles. The van der Waals surface area contributed by atoms with Gasteiger partial charge in [0.2, 0.25) is 5.95 Å². The predicted molar refractivity (Wildman–Crippen MR) is 170 cm³/mol. The Labute approximate surface area is 260 Å². The molecule has 0 unspecified atom stereocenters. The first-order chi connectivity index (χ1) is 20.4. The first kappa shape index (κ1) is 34.2. The fourth-order valence-corrected chi connectivity index (χ4v) is 6.11. The van der Waals surface area contributed by atoms with Crippen molar-refractivity contribution in [1.29, 1.82) is 5.26 Å². The van der Waals surface area contributed by atoms with Gasteiger partial charge in [-0.2, -0.15) is 23.4 Å². The van der Waals surface area contributed by atoms with Crippen LogP contribution >= 0.6 is 0 Å². The summed E-state index contributed by atoms with van der Waals surface area (Å²) in [6.07, 6.45) is 0.631. The molecule has 1 aromatic carbocycles. The Morgan fingerprint density at radius 2 is 1.80 bits per heavy atom. The van der Waals surface area contributed by atoms with Crippen LogP contribution in [0.4, 0.5) is 30.6 Å². The van der Waals surface area contributed by atoms with Gasteiger partial charge in [-0.1, -0.05) is 47.5 Å². The van der Waals surface area contributed by atoms with E-state index in [9.17, 15) is 18.4 Å². The fraction of sp³-hybridized carbons (Fsp3) is 0.645. The lowest BCUT2D eigenvalue weighted by atomic mass is 9.70. The van der Waals surface area contributed by atoms with E-state index in [0.717, 1.165) is 37.3 Å². The molecule has 4 rings (SSSR count). The number of aromatic nitrogens is 2. The maximum absolute atomic E-state index is 14.7. The van der Waals surface area contributed by atoms with Gasteiger partial charge in [0.05, 0.1) is 24.2 Å². The van der Waals surface area contributed by atoms with Crippen molar-refractivity contribution < 1.29 is 26.9 Å². The molecule has 2 heterocycles. The van der Waals surface area contributed by atoms with Crippen molar-refractivity contribution in [3.8, 4) is 6.07 Å². The van der Waals surface area contributed by atoms with Crippen molar-refractivity contribution >= 4 is 38.4 Å². The van der Waals surface area contributed by atoms with Crippen molar-refractivity contribution in [3.05, 3.63) is 35.0 Å². The first-order valence-corrected chi connectivity index (χ1v) is 18.2. The summed E-state index contributed by atoms with van der Waals surface area (Å²) in [4.78, 5) is 8.95. The second-order valence-corrected chi connectivity index (χ2v) is 19.2. The molecule has 0 spiro atoms. The van der Waals surface area contributed by atoms with E-state index in [0.29, 0.717) is 11.4 Å². The van der Waals surface area contributed by atoms with Gasteiger partial charge in [0.25, 0.3) is 0 Å². The lowest BCUT2D eigenvalue weighted by Gasteiger charge is -2.37. The van der Waals surface area contributed by atoms with Crippen molar-refractivity contribution in [3.63, 3.8) is 0 Å². The number of alkyl halides is 3. The molecule has 1 saturated carbocycles. The molecule has 0 radical (unpaired) electrons. The lowest BCUT2D eigenvalue weighted by Crippen LogP contribution is -2.51. The smallest absolute Gasteiger partial charge is 0.413 e. The molecule has 1 saturated heterocycles. The summed E-state index contributed by atoms with van der Waals surface area (Å²) in [5, 5.41) is 15.9. The molecular formula is C31H45BF3N5O3Si. The van der Waals surface area contributed by atoms with Crippen LogP contribution < -0.4 is 16.1 Å². The van der Waals surface area contributed by atoms with Gasteiger partial charge in [-0.25, -0.2) is 4.98 Å². The van der Waals surface area contributed by atoms with Crippen molar-refractivity contribution in [2.75, 3.05) is 23.8 Å². The average Bonchev–Trinajstić information content (AvgIpc) is 2.93. The SMILES string of the molecule is Cc1cnc(Nc2cc(CO[Si](C)(C)C(C)(C)C)c(B3OCC(C)(C)CO3)c(C(F)(F)F)c2)nc1N[C@@H]1CCCC[C@H]1C#N. The van der Waals surface area contributed by atoms with Crippen LogP contribution in [0, 0.1) is 29.6 Å². The second-order valence-electron chi connectivity index (χ2n) is 14.4. The molecule has 2 N–H and O–H groups in total. The number of hydrogen-bond donors (Lipinski definition) is 2. The quantitative estimate of drug-likeness (QED) is 0.292. The van der Waals surface area contributed by atoms with Crippen LogP contribution in [0.1, 0.15) is 77.0 Å². The summed E-state index contributed by atoms with van der Waals surface area (Å²) < 4.78 is 62.4. The molecule has 2 aliphatic rings. The van der Waals surface area contributed by atoms with Crippen LogP contribution in [0.25, 0.3) is 0 Å². The summed E-state index contributed by atoms with van der Waals surface area (Å²) in [5.41, 5.74) is 0.0555. The van der Waals surface area contributed by atoms with Gasteiger partial charge in [-0.05, 0) is 55.6 Å². The number of anilines is 3. The van der Waals surface area contributed by atoms with Gasteiger partial charge < -0.3 is 24.4 Å². The zero-order valence-corrected chi connectivity index (χ0v) is 28.1. The summed E-state index contributed by atoms with van der Waals surface area (Å²) >= 11 is 0. The standard InChI is InChI=1S/C31H45BF3N5O3Si/c1-20-16-37-28(40-27(20)39-25-12-10-9-11-21(25)15-36)38-23-13-22(17-43-44(7,8)29(2,3)4)26(24(14-23)31(33,34)35)32-41-18-30(5,6)19-42-32/h13-14,16,21,25H,9-12,17-19H2,1-8H3,(H2,37,38,39,40)/t21-,25+/m0/s1. The Morgan fingerprint density at radius 3 is 2.41 bits per heavy atom. The Hall–Kier alpha value is -2.66. The zero-order valence-electron chi connectivity index (χ0n) is 27.1. The van der Waals surface area contributed by atoms with Crippen LogP contribution in [0.2, 0.25) is 18.1 Å². The maximum Gasteiger partial charge on any atom is 0.494 e. The molecule has 44 heavy (non-hydrogen) atoms. The Balaban J connectivity index is 1.72. The van der Waals surface area contributed by atoms with E-state index in [4.69, 9.17) is 13.7 Å². The van der Waals surface area contributed by atoms with Crippen LogP contribution in [-0.2, 0) is 26.5 Å². The van der Waals surface area contributed by atoms with Crippen LogP contribution in [0.3, 0.4) is 0 Å². The maximum atomic E-state index is 14.7. The lowest BCUT2D eigenvalue weighted by molar-refractivity contribution is -0.137. The van der Waals surface area contributed by atoms with Gasteiger partial charge in [-0.3, -0.25) is 0 Å². The van der Waals surface area contributed by atoms with E-state index >= 15 is 0 Å². The largest absolute Gasteiger partial charge is 0.494 e. The highest BCUT2D eigenvalue weighted by molar-refractivity contribution is 6.74. The van der Waals surface area contributed by atoms with E-state index < -0.39 is 27.2 Å². The molecule has 240 valence electrons. The molecule has 2 atom stereocenters. The van der Waals surface area contributed by atoms with Crippen molar-refractivity contribution in [2.45, 2.75) is 104 Å². The van der Waals surface area contributed by atoms with Crippen molar-refractivity contribution in [2.24, 2.45) is 11.3 Å². The van der Waals surface area contributed by atoms with Gasteiger partial charge in [0.15, 0.2) is 8.32 Å². The van der Waals surface area contributed by atoms with Crippen LogP contribution in [0.15, 0.2) is 18.3 Å². The predicted octanol–water partition coefficient (Wildman–Crippen LogP) is 7.33. The number of hydrogen-bond acceptors (Lipinski definition) is 8. The number of nitrogens with one attached hydrogen (secondary N) is 2. The number of halogens is 3. The Morgan fingerprint density at radius 1 is 1.14 bits per heavy atom. The minimum atomic E-state index is -4.69. The monoisotopic (exact) mass is 631 g/mol. The minimum Gasteiger partial charge on any atom is -0.413 e. The average molecular weight is 632 g/mol. The second kappa shape index (κ2) is 13.0. The highest BCUT2D eigenvalue weighted by Crippen LogP contribution is 2.38. The van der Waals surface area contributed by atoms with E-state index in [1.807, 2.05) is 20.8 Å². The summed E-state index contributed by atoms with van der Waals surface area (Å²) in [5.74, 6) is 0.566. The third kappa shape index (κ3) is 8.13. The van der Waals surface area contributed by atoms with Crippen LogP contribution in [-0.4, -0.2) is 44.7 Å². The van der Waals surface area contributed by atoms with E-state index in [1.165, 1.54) is 0 Å². The number of nitrogens with zero attached hydrogens (tertiary/aromatic N) is 3. The molecule has 2 aromatic rings. The van der Waals surface area contributed by atoms with Crippen molar-refractivity contribution in [1.82, 2.24) is 9.97 Å². The molecule has 8 nitrogen and oxygen atoms in total. The molecule has 2 fully saturated rings. The van der Waals surface area contributed by atoms with E-state index in [1.54, 1.807) is 12.3 Å². The minimum absolute atomic E-state index is 0.0319. The highest BCUT2D eigenvalue weighted by Gasteiger charge is 2.44. The summed E-state index contributed by atoms with van der Waals surface area (Å²) in [7, 11) is -3.50. The normalized spacial score (nSPS) is 21.1. The molecule has 0 amide bonds. The van der Waals surface area contributed by atoms with Gasteiger partial charge in [0.1, 0.15) is 5.82 Å². The van der Waals surface area contributed by atoms with E-state index in [-0.39, 0.29) is 59.3 Å². The topological polar surface area (TPSA) is 101 Å². The molecule has 13 heteroatoms. The molecule has 1 aliphatic heterocycles. The van der Waals surface area contributed by atoms with Gasteiger partial charge >= 0.3 is 13.3 Å². The van der Waals surface area contributed by atoms with Gasteiger partial charge in [0, 0.05) is 47.6 Å². The Kier molecular flexibility index (Phi) is 10.1.